The number of hydrogen-bond donors (Lipinski definition) is 2. The molecule has 0 amide bonds. The number of nitrogens with one attached hydrogen (secondary N) is 2. The third-order valence-electron chi connectivity index (χ3n) is 5.46. The molecule has 5 rings (SSSR count). The van der Waals surface area contributed by atoms with Gasteiger partial charge >= 0.3 is 0 Å². The van der Waals surface area contributed by atoms with E-state index >= 15 is 0 Å². The fourth-order valence-corrected chi connectivity index (χ4v) is 4.73. The Morgan fingerprint density at radius 1 is 1.25 bits per heavy atom. The molecule has 168 valence electrons. The molecule has 1 aliphatic rings. The van der Waals surface area contributed by atoms with Crippen molar-refractivity contribution >= 4 is 32.7 Å². The van der Waals surface area contributed by atoms with Crippen LogP contribution >= 0.6 is 0 Å². The number of hydrogen-bond acceptors (Lipinski definition) is 6. The van der Waals surface area contributed by atoms with Gasteiger partial charge in [0.1, 0.15) is 5.82 Å². The van der Waals surface area contributed by atoms with Crippen LogP contribution in [0.5, 0.6) is 0 Å². The summed E-state index contributed by atoms with van der Waals surface area (Å²) >= 11 is 0. The molecule has 0 atom stereocenters. The van der Waals surface area contributed by atoms with Gasteiger partial charge in [-0.1, -0.05) is 6.92 Å². The zero-order chi connectivity index (χ0) is 22.5. The maximum Gasteiger partial charge on any atom is 0.211 e. The Bertz CT molecular complexity index is 1420. The molecule has 0 spiro atoms. The van der Waals surface area contributed by atoms with E-state index in [1.54, 1.807) is 29.9 Å². The Morgan fingerprint density at radius 2 is 2.06 bits per heavy atom. The SMILES string of the molecule is CCCS(=O)(=O)NCc1cc(-c2cc3nc(NC4CC4)c4ncn(C)c4n3n2)ccc1F. The molecule has 0 unspecified atom stereocenters. The van der Waals surface area contributed by atoms with Crippen LogP contribution in [0.15, 0.2) is 30.6 Å². The maximum atomic E-state index is 14.4. The zero-order valence-electron chi connectivity index (χ0n) is 17.8. The molecule has 9 nitrogen and oxygen atoms in total. The minimum atomic E-state index is -3.44. The Morgan fingerprint density at radius 3 is 2.81 bits per heavy atom. The van der Waals surface area contributed by atoms with Gasteiger partial charge in [-0.05, 0) is 37.5 Å². The second-order valence-corrected chi connectivity index (χ2v) is 10.1. The first-order chi connectivity index (χ1) is 15.3. The van der Waals surface area contributed by atoms with E-state index in [9.17, 15) is 12.8 Å². The number of halogens is 1. The van der Waals surface area contributed by atoms with Crippen LogP contribution < -0.4 is 10.0 Å². The summed E-state index contributed by atoms with van der Waals surface area (Å²) in [6.45, 7) is 1.66. The fraction of sp³-hybridized carbons (Fsp3) is 0.381. The van der Waals surface area contributed by atoms with Crippen molar-refractivity contribution in [1.29, 1.82) is 0 Å². The maximum absolute atomic E-state index is 14.4. The van der Waals surface area contributed by atoms with Gasteiger partial charge in [0, 0.05) is 36.8 Å². The number of rotatable bonds is 8. The van der Waals surface area contributed by atoms with Crippen LogP contribution in [0.4, 0.5) is 10.2 Å². The summed E-state index contributed by atoms with van der Waals surface area (Å²) in [5.41, 5.74) is 3.74. The predicted octanol–water partition coefficient (Wildman–Crippen LogP) is 2.83. The van der Waals surface area contributed by atoms with Crippen LogP contribution in [0.1, 0.15) is 31.7 Å². The van der Waals surface area contributed by atoms with Crippen molar-refractivity contribution in [3.05, 3.63) is 42.0 Å². The average molecular weight is 458 g/mol. The van der Waals surface area contributed by atoms with Crippen LogP contribution in [0.3, 0.4) is 0 Å². The second-order valence-electron chi connectivity index (χ2n) is 8.15. The number of aryl methyl sites for hydroxylation is 1. The van der Waals surface area contributed by atoms with Crippen molar-refractivity contribution in [2.75, 3.05) is 11.1 Å². The number of nitrogens with zero attached hydrogens (tertiary/aromatic N) is 5. The molecule has 1 aliphatic carbocycles. The van der Waals surface area contributed by atoms with Gasteiger partial charge in [-0.25, -0.2) is 27.5 Å². The number of benzene rings is 1. The summed E-state index contributed by atoms with van der Waals surface area (Å²) in [6, 6.07) is 6.84. The summed E-state index contributed by atoms with van der Waals surface area (Å²) in [4.78, 5) is 9.20. The van der Waals surface area contributed by atoms with Crippen molar-refractivity contribution in [2.24, 2.45) is 7.05 Å². The number of aromatic nitrogens is 5. The number of imidazole rings is 1. The molecule has 1 fully saturated rings. The lowest BCUT2D eigenvalue weighted by Crippen LogP contribution is -2.26. The van der Waals surface area contributed by atoms with E-state index in [2.05, 4.69) is 15.0 Å². The average Bonchev–Trinajstić information content (AvgIpc) is 3.32. The van der Waals surface area contributed by atoms with Gasteiger partial charge in [0.25, 0.3) is 0 Å². The van der Waals surface area contributed by atoms with E-state index < -0.39 is 15.8 Å². The molecule has 1 aromatic carbocycles. The fourth-order valence-electron chi connectivity index (χ4n) is 3.68. The van der Waals surface area contributed by atoms with E-state index in [0.717, 1.165) is 29.8 Å². The molecule has 0 bridgehead atoms. The first kappa shape index (κ1) is 20.8. The molecule has 0 radical (unpaired) electrons. The van der Waals surface area contributed by atoms with Crippen molar-refractivity contribution < 1.29 is 12.8 Å². The first-order valence-electron chi connectivity index (χ1n) is 10.6. The van der Waals surface area contributed by atoms with Gasteiger partial charge in [0.2, 0.25) is 10.0 Å². The predicted molar refractivity (Wildman–Crippen MR) is 120 cm³/mol. The largest absolute Gasteiger partial charge is 0.365 e. The first-order valence-corrected chi connectivity index (χ1v) is 12.2. The van der Waals surface area contributed by atoms with Gasteiger partial charge in [0.15, 0.2) is 22.6 Å². The molecule has 11 heteroatoms. The molecular formula is C21H24FN7O2S. The van der Waals surface area contributed by atoms with Crippen molar-refractivity contribution in [2.45, 2.75) is 38.8 Å². The van der Waals surface area contributed by atoms with Gasteiger partial charge in [-0.2, -0.15) is 9.61 Å². The van der Waals surface area contributed by atoms with Crippen LogP contribution in [-0.2, 0) is 23.6 Å². The highest BCUT2D eigenvalue weighted by Gasteiger charge is 2.24. The third-order valence-corrected chi connectivity index (χ3v) is 6.99. The second kappa shape index (κ2) is 7.82. The zero-order valence-corrected chi connectivity index (χ0v) is 18.7. The molecule has 3 heterocycles. The van der Waals surface area contributed by atoms with Crippen LogP contribution in [-0.4, -0.2) is 44.4 Å². The third kappa shape index (κ3) is 3.93. The van der Waals surface area contributed by atoms with E-state index in [-0.39, 0.29) is 17.9 Å². The lowest BCUT2D eigenvalue weighted by Gasteiger charge is -2.08. The molecule has 4 aromatic rings. The molecular weight excluding hydrogens is 433 g/mol. The van der Waals surface area contributed by atoms with E-state index in [1.165, 1.54) is 6.07 Å². The molecule has 0 aliphatic heterocycles. The monoisotopic (exact) mass is 457 g/mol. The topological polar surface area (TPSA) is 106 Å². The molecule has 32 heavy (non-hydrogen) atoms. The Balaban J connectivity index is 1.53. The normalized spacial score (nSPS) is 14.5. The van der Waals surface area contributed by atoms with Crippen LogP contribution in [0.2, 0.25) is 0 Å². The van der Waals surface area contributed by atoms with Crippen LogP contribution in [0.25, 0.3) is 28.1 Å². The van der Waals surface area contributed by atoms with Crippen molar-refractivity contribution in [3.8, 4) is 11.3 Å². The summed E-state index contributed by atoms with van der Waals surface area (Å²) in [5.74, 6) is 0.261. The molecule has 1 saturated carbocycles. The van der Waals surface area contributed by atoms with Gasteiger partial charge in [0.05, 0.1) is 17.8 Å². The lowest BCUT2D eigenvalue weighted by atomic mass is 10.1. The Hall–Kier alpha value is -3.05. The van der Waals surface area contributed by atoms with Gasteiger partial charge in [-0.3, -0.25) is 0 Å². The lowest BCUT2D eigenvalue weighted by molar-refractivity contribution is 0.573. The Labute approximate surface area is 184 Å². The highest BCUT2D eigenvalue weighted by molar-refractivity contribution is 7.89. The highest BCUT2D eigenvalue weighted by atomic mass is 32.2. The number of sulfonamides is 1. The summed E-state index contributed by atoms with van der Waals surface area (Å²) in [6.07, 6.45) is 4.45. The minimum absolute atomic E-state index is 0.00431. The molecule has 2 N–H and O–H groups in total. The Kier molecular flexibility index (Phi) is 5.09. The van der Waals surface area contributed by atoms with Crippen molar-refractivity contribution in [1.82, 2.24) is 28.9 Å². The molecule has 3 aromatic heterocycles. The summed E-state index contributed by atoms with van der Waals surface area (Å²) < 4.78 is 44.3. The summed E-state index contributed by atoms with van der Waals surface area (Å²) in [7, 11) is -1.54. The van der Waals surface area contributed by atoms with Gasteiger partial charge in [-0.15, -0.1) is 0 Å². The smallest absolute Gasteiger partial charge is 0.211 e. The van der Waals surface area contributed by atoms with E-state index in [0.29, 0.717) is 29.4 Å². The quantitative estimate of drug-likeness (QED) is 0.421. The highest BCUT2D eigenvalue weighted by Crippen LogP contribution is 2.30. The molecule has 0 saturated heterocycles. The number of anilines is 1. The van der Waals surface area contributed by atoms with Crippen LogP contribution in [0, 0.1) is 5.82 Å². The van der Waals surface area contributed by atoms with E-state index in [4.69, 9.17) is 10.1 Å². The standard InChI is InChI=1S/C21H24FN7O2S/c1-3-8-32(30,31)24-11-14-9-13(4-7-16(14)22)17-10-18-26-20(25-15-5-6-15)19-21(29(18)27-17)28(2)12-23-19/h4,7,9-10,12,15,24H,3,5-6,8,11H2,1-2H3,(H,25,26). The minimum Gasteiger partial charge on any atom is -0.365 e. The number of fused-ring (bicyclic) bond motifs is 3. The van der Waals surface area contributed by atoms with E-state index in [1.807, 2.05) is 17.7 Å². The van der Waals surface area contributed by atoms with Gasteiger partial charge < -0.3 is 9.88 Å². The summed E-state index contributed by atoms with van der Waals surface area (Å²) in [5, 5.41) is 8.12. The van der Waals surface area contributed by atoms with Crippen molar-refractivity contribution in [3.63, 3.8) is 0 Å².